The van der Waals surface area contributed by atoms with Crippen molar-refractivity contribution >= 4 is 11.7 Å². The van der Waals surface area contributed by atoms with Gasteiger partial charge < -0.3 is 10.5 Å². The third-order valence-electron chi connectivity index (χ3n) is 1.59. The number of hydrogen-bond donors (Lipinski definition) is 2. The summed E-state index contributed by atoms with van der Waals surface area (Å²) in [5, 5.41) is 12.2. The van der Waals surface area contributed by atoms with Crippen molar-refractivity contribution < 1.29 is 28.5 Å². The molecule has 1 rings (SSSR count). The van der Waals surface area contributed by atoms with Crippen molar-refractivity contribution in [3.05, 3.63) is 30.1 Å². The molecule has 0 aromatic carbocycles. The second kappa shape index (κ2) is 7.03. The van der Waals surface area contributed by atoms with Crippen molar-refractivity contribution in [2.24, 2.45) is 5.10 Å². The third-order valence-corrected chi connectivity index (χ3v) is 1.59. The molecule has 1 aromatic heterocycles. The second-order valence-corrected chi connectivity index (χ2v) is 2.69. The number of carbonyl (C=O) groups is 1. The molecule has 0 saturated heterocycles. The molecular weight excluding hydrogens is 233 g/mol. The smallest absolute Gasteiger partial charge is 0.351 e. The van der Waals surface area contributed by atoms with Crippen LogP contribution in [0.25, 0.3) is 0 Å². The summed E-state index contributed by atoms with van der Waals surface area (Å²) in [6.45, 7) is 1.93. The number of aliphatic carboxylic acids is 1. The number of hydrogen-bond acceptors (Lipinski definition) is 4. The van der Waals surface area contributed by atoms with Crippen molar-refractivity contribution in [3.63, 3.8) is 0 Å². The largest absolute Gasteiger partial charge is 0.477 e. The van der Waals surface area contributed by atoms with E-state index >= 15 is 0 Å². The fourth-order valence-corrected chi connectivity index (χ4v) is 0.798. The standard InChI is InChI=1S/C9H11N3O2.V/c1-7(9(13)14)12-11-6-8-2-4-10-5-3-8;/h2-5,11H,6H2,1H3,(H,13,14);. The zero-order valence-corrected chi connectivity index (χ0v) is 9.61. The molecule has 5 nitrogen and oxygen atoms in total. The fraction of sp³-hybridized carbons (Fsp3) is 0.222. The maximum atomic E-state index is 10.4. The molecule has 0 unspecified atom stereocenters. The number of carboxylic acid groups (broad SMARTS) is 1. The van der Waals surface area contributed by atoms with Gasteiger partial charge in [0.1, 0.15) is 5.71 Å². The number of nitrogens with zero attached hydrogens (tertiary/aromatic N) is 2. The SMILES string of the molecule is CC(=NNCc1ccncc1)C(=O)O.[V]. The van der Waals surface area contributed by atoms with Crippen LogP contribution in [0.2, 0.25) is 0 Å². The summed E-state index contributed by atoms with van der Waals surface area (Å²) in [6.07, 6.45) is 3.34. The van der Waals surface area contributed by atoms with Crippen LogP contribution >= 0.6 is 0 Å². The Hall–Kier alpha value is -1.33. The average molecular weight is 244 g/mol. The first-order valence-corrected chi connectivity index (χ1v) is 4.09. The Morgan fingerprint density at radius 1 is 1.53 bits per heavy atom. The van der Waals surface area contributed by atoms with E-state index in [4.69, 9.17) is 5.11 Å². The molecule has 6 heteroatoms. The van der Waals surface area contributed by atoms with Gasteiger partial charge in [-0.25, -0.2) is 4.79 Å². The van der Waals surface area contributed by atoms with E-state index in [9.17, 15) is 4.79 Å². The monoisotopic (exact) mass is 244 g/mol. The van der Waals surface area contributed by atoms with Crippen LogP contribution in [-0.4, -0.2) is 21.8 Å². The topological polar surface area (TPSA) is 74.6 Å². The van der Waals surface area contributed by atoms with Crippen LogP contribution in [-0.2, 0) is 29.9 Å². The van der Waals surface area contributed by atoms with Gasteiger partial charge in [0.05, 0.1) is 6.54 Å². The number of nitrogens with one attached hydrogen (secondary N) is 1. The molecule has 0 bridgehead atoms. The summed E-state index contributed by atoms with van der Waals surface area (Å²) in [6, 6.07) is 3.66. The molecule has 0 aliphatic heterocycles. The van der Waals surface area contributed by atoms with Gasteiger partial charge in [-0.3, -0.25) is 4.98 Å². The molecule has 0 fully saturated rings. The summed E-state index contributed by atoms with van der Waals surface area (Å²) in [5.41, 5.74) is 3.70. The van der Waals surface area contributed by atoms with E-state index in [1.165, 1.54) is 6.92 Å². The molecular formula is C9H11N3O2V. The molecule has 0 atom stereocenters. The summed E-state index contributed by atoms with van der Waals surface area (Å²) in [5.74, 6) is -1.02. The molecule has 79 valence electrons. The van der Waals surface area contributed by atoms with Gasteiger partial charge in [0, 0.05) is 30.9 Å². The van der Waals surface area contributed by atoms with Crippen molar-refractivity contribution in [2.45, 2.75) is 13.5 Å². The molecule has 0 aliphatic carbocycles. The van der Waals surface area contributed by atoms with Crippen molar-refractivity contribution in [2.75, 3.05) is 0 Å². The number of carboxylic acids is 1. The molecule has 2 N–H and O–H groups in total. The Labute approximate surface area is 99.5 Å². The van der Waals surface area contributed by atoms with E-state index in [0.29, 0.717) is 6.54 Å². The molecule has 1 aromatic rings. The maximum Gasteiger partial charge on any atom is 0.351 e. The molecule has 0 aliphatic rings. The van der Waals surface area contributed by atoms with Crippen LogP contribution in [0.5, 0.6) is 0 Å². The third kappa shape index (κ3) is 5.19. The van der Waals surface area contributed by atoms with Crippen molar-refractivity contribution in [1.29, 1.82) is 0 Å². The summed E-state index contributed by atoms with van der Waals surface area (Å²) in [7, 11) is 0. The molecule has 15 heavy (non-hydrogen) atoms. The zero-order valence-electron chi connectivity index (χ0n) is 8.21. The zero-order chi connectivity index (χ0) is 10.4. The van der Waals surface area contributed by atoms with Crippen LogP contribution in [0.3, 0.4) is 0 Å². The van der Waals surface area contributed by atoms with Gasteiger partial charge in [0.2, 0.25) is 0 Å². The van der Waals surface area contributed by atoms with E-state index in [2.05, 4.69) is 15.5 Å². The Kier molecular flexibility index (Phi) is 6.41. The maximum absolute atomic E-state index is 10.4. The van der Waals surface area contributed by atoms with Crippen LogP contribution in [0.1, 0.15) is 12.5 Å². The van der Waals surface area contributed by atoms with Gasteiger partial charge in [0.25, 0.3) is 0 Å². The van der Waals surface area contributed by atoms with Crippen LogP contribution in [0.15, 0.2) is 29.6 Å². The summed E-state index contributed by atoms with van der Waals surface area (Å²) >= 11 is 0. The molecule has 0 spiro atoms. The Bertz CT molecular complexity index is 340. The van der Waals surface area contributed by atoms with E-state index < -0.39 is 5.97 Å². The van der Waals surface area contributed by atoms with E-state index in [1.54, 1.807) is 12.4 Å². The molecule has 1 radical (unpaired) electrons. The van der Waals surface area contributed by atoms with Gasteiger partial charge in [-0.1, -0.05) is 0 Å². The van der Waals surface area contributed by atoms with Crippen LogP contribution in [0, 0.1) is 0 Å². The second-order valence-electron chi connectivity index (χ2n) is 2.69. The first-order chi connectivity index (χ1) is 6.70. The first-order valence-electron chi connectivity index (χ1n) is 4.09. The number of aromatic nitrogens is 1. The normalized spacial score (nSPS) is 10.3. The van der Waals surface area contributed by atoms with Crippen LogP contribution < -0.4 is 5.43 Å². The van der Waals surface area contributed by atoms with E-state index in [0.717, 1.165) is 5.56 Å². The Morgan fingerprint density at radius 2 is 2.13 bits per heavy atom. The Morgan fingerprint density at radius 3 is 2.67 bits per heavy atom. The number of rotatable bonds is 4. The fourth-order valence-electron chi connectivity index (χ4n) is 0.798. The van der Waals surface area contributed by atoms with Gasteiger partial charge in [-0.15, -0.1) is 0 Å². The van der Waals surface area contributed by atoms with Crippen molar-refractivity contribution in [3.8, 4) is 0 Å². The van der Waals surface area contributed by atoms with Gasteiger partial charge >= 0.3 is 5.97 Å². The Balaban J connectivity index is 0.00000196. The van der Waals surface area contributed by atoms with Gasteiger partial charge in [-0.2, -0.15) is 5.10 Å². The predicted octanol–water partition coefficient (Wildman–Crippen LogP) is 0.629. The quantitative estimate of drug-likeness (QED) is 0.601. The van der Waals surface area contributed by atoms with E-state index in [-0.39, 0.29) is 24.3 Å². The number of hydrazone groups is 1. The van der Waals surface area contributed by atoms with Gasteiger partial charge in [-0.05, 0) is 24.6 Å². The minimum Gasteiger partial charge on any atom is -0.477 e. The molecule has 1 heterocycles. The van der Waals surface area contributed by atoms with Crippen molar-refractivity contribution in [1.82, 2.24) is 10.4 Å². The summed E-state index contributed by atoms with van der Waals surface area (Å²) in [4.78, 5) is 14.2. The first kappa shape index (κ1) is 13.7. The average Bonchev–Trinajstić information content (AvgIpc) is 2.19. The minimum absolute atomic E-state index is 0. The minimum atomic E-state index is -1.02. The summed E-state index contributed by atoms with van der Waals surface area (Å²) < 4.78 is 0. The molecule has 0 amide bonds. The van der Waals surface area contributed by atoms with E-state index in [1.807, 2.05) is 12.1 Å². The predicted molar refractivity (Wildman–Crippen MR) is 51.8 cm³/mol. The molecule has 0 saturated carbocycles. The van der Waals surface area contributed by atoms with Crippen LogP contribution in [0.4, 0.5) is 0 Å². The van der Waals surface area contributed by atoms with Gasteiger partial charge in [0.15, 0.2) is 0 Å². The number of pyridine rings is 1.